The molecular weight excluding hydrogens is 200 g/mol. The Morgan fingerprint density at radius 1 is 1.25 bits per heavy atom. The molecule has 1 aliphatic carbocycles. The van der Waals surface area contributed by atoms with Crippen LogP contribution < -0.4 is 5.32 Å². The van der Waals surface area contributed by atoms with E-state index in [4.69, 9.17) is 4.98 Å². The van der Waals surface area contributed by atoms with Gasteiger partial charge < -0.3 is 5.32 Å². The van der Waals surface area contributed by atoms with Crippen LogP contribution in [0.4, 0.5) is 0 Å². The van der Waals surface area contributed by atoms with Crippen LogP contribution in [0.3, 0.4) is 0 Å². The van der Waals surface area contributed by atoms with Crippen molar-refractivity contribution in [3.8, 4) is 0 Å². The second-order valence-electron chi connectivity index (χ2n) is 5.48. The SMILES string of the molecule is CC1(c2n[nH]c(C3CCNCC3)n2)CCC1. The first-order valence-corrected chi connectivity index (χ1v) is 6.41. The number of H-pyrrole nitrogens is 1. The van der Waals surface area contributed by atoms with E-state index in [0.29, 0.717) is 5.92 Å². The average molecular weight is 220 g/mol. The van der Waals surface area contributed by atoms with E-state index in [2.05, 4.69) is 22.4 Å². The average Bonchev–Trinajstić information content (AvgIpc) is 2.77. The summed E-state index contributed by atoms with van der Waals surface area (Å²) in [6.07, 6.45) is 6.19. The summed E-state index contributed by atoms with van der Waals surface area (Å²) >= 11 is 0. The fourth-order valence-electron chi connectivity index (χ4n) is 2.75. The molecule has 0 aromatic carbocycles. The maximum absolute atomic E-state index is 4.73. The quantitative estimate of drug-likeness (QED) is 0.798. The molecule has 1 aliphatic heterocycles. The Labute approximate surface area is 96.2 Å². The van der Waals surface area contributed by atoms with Crippen LogP contribution in [0.2, 0.25) is 0 Å². The van der Waals surface area contributed by atoms with Gasteiger partial charge in [0.15, 0.2) is 5.82 Å². The zero-order valence-corrected chi connectivity index (χ0v) is 9.92. The van der Waals surface area contributed by atoms with Crippen molar-refractivity contribution in [2.75, 3.05) is 13.1 Å². The fourth-order valence-corrected chi connectivity index (χ4v) is 2.75. The number of aromatic nitrogens is 3. The minimum Gasteiger partial charge on any atom is -0.317 e. The monoisotopic (exact) mass is 220 g/mol. The van der Waals surface area contributed by atoms with Crippen molar-refractivity contribution >= 4 is 0 Å². The molecule has 4 heteroatoms. The normalized spacial score (nSPS) is 25.3. The van der Waals surface area contributed by atoms with Crippen LogP contribution in [-0.2, 0) is 5.41 Å². The second kappa shape index (κ2) is 3.84. The third-order valence-electron chi connectivity index (χ3n) is 4.23. The van der Waals surface area contributed by atoms with Crippen molar-refractivity contribution in [1.82, 2.24) is 20.5 Å². The molecule has 4 nitrogen and oxygen atoms in total. The molecule has 2 heterocycles. The molecule has 0 spiro atoms. The summed E-state index contributed by atoms with van der Waals surface area (Å²) < 4.78 is 0. The van der Waals surface area contributed by atoms with Crippen molar-refractivity contribution in [1.29, 1.82) is 0 Å². The molecule has 3 rings (SSSR count). The van der Waals surface area contributed by atoms with Gasteiger partial charge in [0.25, 0.3) is 0 Å². The number of hydrogen-bond donors (Lipinski definition) is 2. The summed E-state index contributed by atoms with van der Waals surface area (Å²) in [7, 11) is 0. The van der Waals surface area contributed by atoms with Gasteiger partial charge in [0.1, 0.15) is 5.82 Å². The molecule has 1 saturated heterocycles. The van der Waals surface area contributed by atoms with E-state index in [-0.39, 0.29) is 5.41 Å². The van der Waals surface area contributed by atoms with Gasteiger partial charge in [-0.05, 0) is 38.8 Å². The van der Waals surface area contributed by atoms with Gasteiger partial charge in [-0.25, -0.2) is 4.98 Å². The highest BCUT2D eigenvalue weighted by molar-refractivity contribution is 5.12. The number of hydrogen-bond acceptors (Lipinski definition) is 3. The van der Waals surface area contributed by atoms with Crippen LogP contribution in [0, 0.1) is 0 Å². The topological polar surface area (TPSA) is 53.6 Å². The predicted molar refractivity (Wildman–Crippen MR) is 62.4 cm³/mol. The Morgan fingerprint density at radius 2 is 2.00 bits per heavy atom. The van der Waals surface area contributed by atoms with Gasteiger partial charge in [-0.15, -0.1) is 0 Å². The molecule has 0 bridgehead atoms. The molecule has 0 atom stereocenters. The molecule has 2 fully saturated rings. The van der Waals surface area contributed by atoms with Gasteiger partial charge >= 0.3 is 0 Å². The highest BCUT2D eigenvalue weighted by Crippen LogP contribution is 2.41. The van der Waals surface area contributed by atoms with Crippen LogP contribution >= 0.6 is 0 Å². The number of aromatic amines is 1. The van der Waals surface area contributed by atoms with Gasteiger partial charge in [-0.3, -0.25) is 5.10 Å². The van der Waals surface area contributed by atoms with Crippen molar-refractivity contribution in [3.05, 3.63) is 11.6 Å². The summed E-state index contributed by atoms with van der Waals surface area (Å²) in [4.78, 5) is 4.73. The van der Waals surface area contributed by atoms with Gasteiger partial charge in [0.05, 0.1) is 0 Å². The van der Waals surface area contributed by atoms with Crippen molar-refractivity contribution in [2.24, 2.45) is 0 Å². The molecule has 16 heavy (non-hydrogen) atoms. The van der Waals surface area contributed by atoms with Gasteiger partial charge in [-0.2, -0.15) is 5.10 Å². The molecule has 1 saturated carbocycles. The van der Waals surface area contributed by atoms with Crippen LogP contribution in [0.25, 0.3) is 0 Å². The molecule has 2 aliphatic rings. The predicted octanol–water partition coefficient (Wildman–Crippen LogP) is 1.71. The molecule has 1 aromatic heterocycles. The fraction of sp³-hybridized carbons (Fsp3) is 0.833. The number of rotatable bonds is 2. The Balaban J connectivity index is 1.76. The standard InChI is InChI=1S/C12H20N4/c1-12(5-2-6-12)11-14-10(15-16-11)9-3-7-13-8-4-9/h9,13H,2-8H2,1H3,(H,14,15,16). The lowest BCUT2D eigenvalue weighted by atomic mass is 9.70. The van der Waals surface area contributed by atoms with E-state index >= 15 is 0 Å². The molecule has 0 unspecified atom stereocenters. The third kappa shape index (κ3) is 1.65. The molecule has 1 aromatic rings. The van der Waals surface area contributed by atoms with Crippen molar-refractivity contribution in [2.45, 2.75) is 50.4 Å². The first-order valence-electron chi connectivity index (χ1n) is 6.41. The molecule has 0 amide bonds. The molecule has 88 valence electrons. The number of piperidine rings is 1. The lowest BCUT2D eigenvalue weighted by Crippen LogP contribution is -2.31. The molecule has 2 N–H and O–H groups in total. The van der Waals surface area contributed by atoms with Crippen LogP contribution in [0.1, 0.15) is 56.6 Å². The maximum atomic E-state index is 4.73. The summed E-state index contributed by atoms with van der Waals surface area (Å²) in [5.74, 6) is 2.75. The zero-order chi connectivity index (χ0) is 11.0. The molecular formula is C12H20N4. The smallest absolute Gasteiger partial charge is 0.156 e. The first kappa shape index (κ1) is 10.3. The van der Waals surface area contributed by atoms with Gasteiger partial charge in [0, 0.05) is 11.3 Å². The lowest BCUT2D eigenvalue weighted by molar-refractivity contribution is 0.256. The highest BCUT2D eigenvalue weighted by Gasteiger charge is 2.37. The summed E-state index contributed by atoms with van der Waals surface area (Å²) in [5.41, 5.74) is 0.266. The van der Waals surface area contributed by atoms with E-state index in [0.717, 1.165) is 24.7 Å². The van der Waals surface area contributed by atoms with E-state index in [1.54, 1.807) is 0 Å². The molecule has 0 radical (unpaired) electrons. The van der Waals surface area contributed by atoms with E-state index in [1.165, 1.54) is 32.1 Å². The van der Waals surface area contributed by atoms with Crippen LogP contribution in [-0.4, -0.2) is 28.3 Å². The van der Waals surface area contributed by atoms with E-state index in [1.807, 2.05) is 0 Å². The minimum atomic E-state index is 0.266. The lowest BCUT2D eigenvalue weighted by Gasteiger charge is -2.35. The summed E-state index contributed by atoms with van der Waals surface area (Å²) in [6, 6.07) is 0. The van der Waals surface area contributed by atoms with Gasteiger partial charge in [0.2, 0.25) is 0 Å². The highest BCUT2D eigenvalue weighted by atomic mass is 15.2. The van der Waals surface area contributed by atoms with Crippen LogP contribution in [0.15, 0.2) is 0 Å². The largest absolute Gasteiger partial charge is 0.317 e. The van der Waals surface area contributed by atoms with E-state index < -0.39 is 0 Å². The Morgan fingerprint density at radius 3 is 2.62 bits per heavy atom. The first-order chi connectivity index (χ1) is 7.78. The van der Waals surface area contributed by atoms with Crippen molar-refractivity contribution < 1.29 is 0 Å². The number of nitrogens with zero attached hydrogens (tertiary/aromatic N) is 2. The summed E-state index contributed by atoms with van der Waals surface area (Å²) in [5, 5.41) is 11.0. The Bertz CT molecular complexity index is 361. The summed E-state index contributed by atoms with van der Waals surface area (Å²) in [6.45, 7) is 4.50. The number of nitrogens with one attached hydrogen (secondary N) is 2. The minimum absolute atomic E-state index is 0.266. The Kier molecular flexibility index (Phi) is 2.46. The zero-order valence-electron chi connectivity index (χ0n) is 9.92. The van der Waals surface area contributed by atoms with Crippen molar-refractivity contribution in [3.63, 3.8) is 0 Å². The maximum Gasteiger partial charge on any atom is 0.156 e. The van der Waals surface area contributed by atoms with E-state index in [9.17, 15) is 0 Å². The third-order valence-corrected chi connectivity index (χ3v) is 4.23. The Hall–Kier alpha value is -0.900. The second-order valence-corrected chi connectivity index (χ2v) is 5.48. The van der Waals surface area contributed by atoms with Crippen LogP contribution in [0.5, 0.6) is 0 Å². The van der Waals surface area contributed by atoms with Gasteiger partial charge in [-0.1, -0.05) is 13.3 Å².